The molecule has 0 radical (unpaired) electrons. The van der Waals surface area contributed by atoms with Gasteiger partial charge in [-0.2, -0.15) is 0 Å². The highest BCUT2D eigenvalue weighted by molar-refractivity contribution is 6.24. The lowest BCUT2D eigenvalue weighted by atomic mass is 9.82. The number of alkyl halides is 2. The van der Waals surface area contributed by atoms with Crippen LogP contribution in [0.3, 0.4) is 0 Å². The Morgan fingerprint density at radius 3 is 1.21 bits per heavy atom. The molecule has 28 heavy (non-hydrogen) atoms. The van der Waals surface area contributed by atoms with Gasteiger partial charge in [-0.15, -0.1) is 23.2 Å². The summed E-state index contributed by atoms with van der Waals surface area (Å²) in [6, 6.07) is 15.8. The van der Waals surface area contributed by atoms with Crippen molar-refractivity contribution in [1.29, 1.82) is 0 Å². The Bertz CT molecular complexity index is 741. The molecule has 2 aromatic rings. The van der Waals surface area contributed by atoms with Crippen molar-refractivity contribution in [1.82, 2.24) is 0 Å². The Morgan fingerprint density at radius 2 is 0.893 bits per heavy atom. The summed E-state index contributed by atoms with van der Waals surface area (Å²) in [5.74, 6) is 0.0534. The van der Waals surface area contributed by atoms with Crippen LogP contribution < -0.4 is 0 Å². The van der Waals surface area contributed by atoms with E-state index in [4.69, 9.17) is 23.2 Å². The van der Waals surface area contributed by atoms with E-state index in [1.54, 1.807) is 0 Å². The number of carbonyl (C=O) groups excluding carboxylic acids is 1. The maximum Gasteiger partial charge on any atom is 0.193 e. The molecule has 2 fully saturated rings. The number of ketones is 1. The van der Waals surface area contributed by atoms with Crippen LogP contribution in [0, 0.1) is 0 Å². The quantitative estimate of drug-likeness (QED) is 0.369. The fourth-order valence-corrected chi connectivity index (χ4v) is 5.60. The third kappa shape index (κ3) is 4.02. The van der Waals surface area contributed by atoms with Crippen LogP contribution in [0.25, 0.3) is 0 Å². The van der Waals surface area contributed by atoms with Crippen molar-refractivity contribution in [3.8, 4) is 0 Å². The van der Waals surface area contributed by atoms with Gasteiger partial charge in [0.15, 0.2) is 5.78 Å². The van der Waals surface area contributed by atoms with E-state index in [9.17, 15) is 4.79 Å². The van der Waals surface area contributed by atoms with E-state index in [1.165, 1.54) is 38.5 Å². The van der Waals surface area contributed by atoms with E-state index >= 15 is 0 Å². The summed E-state index contributed by atoms with van der Waals surface area (Å²) in [5.41, 5.74) is 3.71. The molecular weight excluding hydrogens is 387 g/mol. The number of rotatable bonds is 4. The second kappa shape index (κ2) is 8.20. The molecule has 1 nitrogen and oxygen atoms in total. The second-order valence-electron chi connectivity index (χ2n) is 8.54. The van der Waals surface area contributed by atoms with E-state index in [2.05, 4.69) is 0 Å². The van der Waals surface area contributed by atoms with E-state index in [0.717, 1.165) is 36.8 Å². The summed E-state index contributed by atoms with van der Waals surface area (Å²) in [7, 11) is 0. The van der Waals surface area contributed by atoms with Gasteiger partial charge in [-0.3, -0.25) is 4.79 Å². The van der Waals surface area contributed by atoms with Crippen molar-refractivity contribution in [2.75, 3.05) is 0 Å². The van der Waals surface area contributed by atoms with Gasteiger partial charge in [0.25, 0.3) is 0 Å². The number of benzene rings is 2. The van der Waals surface area contributed by atoms with E-state index in [0.29, 0.717) is 11.1 Å². The molecule has 0 spiro atoms. The van der Waals surface area contributed by atoms with Crippen LogP contribution in [-0.4, -0.2) is 5.78 Å². The first kappa shape index (κ1) is 20.0. The fraction of sp³-hybridized carbons (Fsp3) is 0.480. The van der Waals surface area contributed by atoms with Crippen LogP contribution in [-0.2, 0) is 9.75 Å². The van der Waals surface area contributed by atoms with E-state index in [1.807, 2.05) is 48.5 Å². The van der Waals surface area contributed by atoms with Crippen molar-refractivity contribution in [3.63, 3.8) is 0 Å². The highest BCUT2D eigenvalue weighted by atomic mass is 35.5. The predicted molar refractivity (Wildman–Crippen MR) is 118 cm³/mol. The van der Waals surface area contributed by atoms with Crippen molar-refractivity contribution >= 4 is 29.0 Å². The lowest BCUT2D eigenvalue weighted by molar-refractivity contribution is 0.103. The topological polar surface area (TPSA) is 17.1 Å². The first-order chi connectivity index (χ1) is 13.5. The lowest BCUT2D eigenvalue weighted by Crippen LogP contribution is -2.22. The molecule has 0 N–H and O–H groups in total. The average molecular weight is 415 g/mol. The van der Waals surface area contributed by atoms with Crippen molar-refractivity contribution in [2.45, 2.75) is 74.0 Å². The molecular formula is C25H28Cl2O. The summed E-state index contributed by atoms with van der Waals surface area (Å²) < 4.78 is 0. The smallest absolute Gasteiger partial charge is 0.193 e. The summed E-state index contributed by atoms with van der Waals surface area (Å²) in [4.78, 5) is 12.4. The van der Waals surface area contributed by atoms with Gasteiger partial charge < -0.3 is 0 Å². The molecule has 0 aliphatic heterocycles. The number of halogens is 2. The molecule has 0 atom stereocenters. The maximum atomic E-state index is 12.9. The minimum atomic E-state index is -0.254. The van der Waals surface area contributed by atoms with Gasteiger partial charge in [-0.1, -0.05) is 87.1 Å². The van der Waals surface area contributed by atoms with Gasteiger partial charge in [0.05, 0.1) is 9.75 Å². The first-order valence-electron chi connectivity index (χ1n) is 10.6. The molecule has 0 unspecified atom stereocenters. The van der Waals surface area contributed by atoms with Gasteiger partial charge in [-0.05, 0) is 36.8 Å². The molecule has 4 rings (SSSR count). The zero-order valence-electron chi connectivity index (χ0n) is 16.4. The molecule has 2 aromatic carbocycles. The zero-order valence-corrected chi connectivity index (χ0v) is 17.9. The predicted octanol–water partition coefficient (Wildman–Crippen LogP) is 7.71. The third-order valence-electron chi connectivity index (χ3n) is 6.62. The standard InChI is InChI=1S/C25H28Cl2O/c26-24(15-3-1-4-16-24)21-11-7-19(8-12-21)23(28)20-9-13-22(14-10-20)25(27)17-5-2-6-18-25/h7-14H,1-6,15-18H2. The van der Waals surface area contributed by atoms with Gasteiger partial charge in [0.1, 0.15) is 0 Å². The molecule has 3 heteroatoms. The minimum Gasteiger partial charge on any atom is -0.289 e. The maximum absolute atomic E-state index is 12.9. The van der Waals surface area contributed by atoms with Crippen LogP contribution in [0.4, 0.5) is 0 Å². The monoisotopic (exact) mass is 414 g/mol. The minimum absolute atomic E-state index is 0.0534. The van der Waals surface area contributed by atoms with Gasteiger partial charge >= 0.3 is 0 Å². The zero-order chi connectivity index (χ0) is 19.6. The molecule has 0 heterocycles. The van der Waals surface area contributed by atoms with Gasteiger partial charge in [0, 0.05) is 11.1 Å². The second-order valence-corrected chi connectivity index (χ2v) is 9.98. The Hall–Kier alpha value is -1.31. The molecule has 2 saturated carbocycles. The van der Waals surface area contributed by atoms with E-state index < -0.39 is 0 Å². The number of hydrogen-bond acceptors (Lipinski definition) is 1. The van der Waals surface area contributed by atoms with Crippen molar-refractivity contribution < 1.29 is 4.79 Å². The number of hydrogen-bond donors (Lipinski definition) is 0. The fourth-order valence-electron chi connectivity index (χ4n) is 4.81. The Labute approximate surface area is 178 Å². The average Bonchev–Trinajstić information content (AvgIpc) is 2.74. The molecule has 0 saturated heterocycles. The number of carbonyl (C=O) groups is 1. The van der Waals surface area contributed by atoms with E-state index in [-0.39, 0.29) is 15.5 Å². The molecule has 0 aromatic heterocycles. The Kier molecular flexibility index (Phi) is 5.86. The highest BCUT2D eigenvalue weighted by Gasteiger charge is 2.32. The van der Waals surface area contributed by atoms with Crippen LogP contribution in [0.15, 0.2) is 48.5 Å². The summed E-state index contributed by atoms with van der Waals surface area (Å²) >= 11 is 13.7. The molecule has 0 amide bonds. The summed E-state index contributed by atoms with van der Waals surface area (Å²) in [6.07, 6.45) is 11.3. The first-order valence-corrected chi connectivity index (χ1v) is 11.4. The van der Waals surface area contributed by atoms with Crippen molar-refractivity contribution in [2.24, 2.45) is 0 Å². The largest absolute Gasteiger partial charge is 0.289 e. The molecule has 0 bridgehead atoms. The van der Waals surface area contributed by atoms with Crippen molar-refractivity contribution in [3.05, 3.63) is 70.8 Å². The Balaban J connectivity index is 1.50. The van der Waals surface area contributed by atoms with Crippen LogP contribution >= 0.6 is 23.2 Å². The van der Waals surface area contributed by atoms with Crippen LogP contribution in [0.1, 0.15) is 91.3 Å². The molecule has 2 aliphatic carbocycles. The normalized spacial score (nSPS) is 21.2. The lowest BCUT2D eigenvalue weighted by Gasteiger charge is -2.31. The SMILES string of the molecule is O=C(c1ccc(C2(Cl)CCCCC2)cc1)c1ccc(C2(Cl)CCCCC2)cc1. The van der Waals surface area contributed by atoms with Crippen LogP contribution in [0.2, 0.25) is 0 Å². The third-order valence-corrected chi connectivity index (χ3v) is 7.81. The van der Waals surface area contributed by atoms with Crippen LogP contribution in [0.5, 0.6) is 0 Å². The molecule has 148 valence electrons. The van der Waals surface area contributed by atoms with Gasteiger partial charge in [0.2, 0.25) is 0 Å². The Morgan fingerprint density at radius 1 is 0.571 bits per heavy atom. The summed E-state index contributed by atoms with van der Waals surface area (Å²) in [6.45, 7) is 0. The van der Waals surface area contributed by atoms with Gasteiger partial charge in [-0.25, -0.2) is 0 Å². The highest BCUT2D eigenvalue weighted by Crippen LogP contribution is 2.44. The molecule has 2 aliphatic rings. The summed E-state index contributed by atoms with van der Waals surface area (Å²) in [5, 5.41) is 0.